The minimum absolute atomic E-state index is 0.766. The standard InChI is InChI=1S/C18H19N3/c1-2-4-18-17(3-1)20-13-21(18)12-15-7-5-14(6-8-15)11-19-16-9-10-16/h1-8,13,16,19H,9-12H2. The Labute approximate surface area is 124 Å². The number of aromatic nitrogens is 2. The van der Waals surface area contributed by atoms with E-state index in [0.29, 0.717) is 0 Å². The fraction of sp³-hybridized carbons (Fsp3) is 0.278. The van der Waals surface area contributed by atoms with E-state index >= 15 is 0 Å². The molecule has 0 amide bonds. The van der Waals surface area contributed by atoms with Crippen molar-refractivity contribution in [1.82, 2.24) is 14.9 Å². The monoisotopic (exact) mass is 277 g/mol. The molecule has 1 fully saturated rings. The topological polar surface area (TPSA) is 29.9 Å². The molecule has 0 bridgehead atoms. The molecule has 0 radical (unpaired) electrons. The number of nitrogens with one attached hydrogen (secondary N) is 1. The Morgan fingerprint density at radius 2 is 1.76 bits per heavy atom. The molecule has 0 aliphatic heterocycles. The van der Waals surface area contributed by atoms with Gasteiger partial charge in [0.05, 0.1) is 17.4 Å². The molecule has 1 aliphatic rings. The Hall–Kier alpha value is -2.13. The maximum atomic E-state index is 4.44. The van der Waals surface area contributed by atoms with Crippen LogP contribution in [-0.4, -0.2) is 15.6 Å². The van der Waals surface area contributed by atoms with Crippen LogP contribution in [0.25, 0.3) is 11.0 Å². The highest BCUT2D eigenvalue weighted by molar-refractivity contribution is 5.75. The van der Waals surface area contributed by atoms with E-state index in [1.165, 1.54) is 29.5 Å². The predicted molar refractivity (Wildman–Crippen MR) is 85.1 cm³/mol. The van der Waals surface area contributed by atoms with Crippen LogP contribution in [0, 0.1) is 0 Å². The summed E-state index contributed by atoms with van der Waals surface area (Å²) in [5.74, 6) is 0. The van der Waals surface area contributed by atoms with Crippen LogP contribution in [0.2, 0.25) is 0 Å². The lowest BCUT2D eigenvalue weighted by Gasteiger charge is -2.07. The lowest BCUT2D eigenvalue weighted by atomic mass is 10.1. The summed E-state index contributed by atoms with van der Waals surface area (Å²) in [5.41, 5.74) is 4.93. The second-order valence-corrected chi connectivity index (χ2v) is 5.83. The van der Waals surface area contributed by atoms with Crippen molar-refractivity contribution in [3.05, 3.63) is 66.0 Å². The summed E-state index contributed by atoms with van der Waals surface area (Å²) in [7, 11) is 0. The zero-order chi connectivity index (χ0) is 14.1. The summed E-state index contributed by atoms with van der Waals surface area (Å²) in [6, 6.07) is 17.9. The molecule has 0 atom stereocenters. The molecule has 106 valence electrons. The first-order chi connectivity index (χ1) is 10.4. The molecule has 4 rings (SSSR count). The highest BCUT2D eigenvalue weighted by Gasteiger charge is 2.19. The van der Waals surface area contributed by atoms with Crippen LogP contribution in [0.5, 0.6) is 0 Å². The number of imidazole rings is 1. The maximum absolute atomic E-state index is 4.44. The van der Waals surface area contributed by atoms with Crippen LogP contribution in [0.4, 0.5) is 0 Å². The van der Waals surface area contributed by atoms with Crippen molar-refractivity contribution in [3.63, 3.8) is 0 Å². The predicted octanol–water partition coefficient (Wildman–Crippen LogP) is 3.34. The van der Waals surface area contributed by atoms with E-state index in [9.17, 15) is 0 Å². The summed E-state index contributed by atoms with van der Waals surface area (Å²) in [6.07, 6.45) is 4.60. The molecule has 0 spiro atoms. The fourth-order valence-corrected chi connectivity index (χ4v) is 2.65. The molecule has 3 nitrogen and oxygen atoms in total. The normalized spacial score (nSPS) is 14.7. The van der Waals surface area contributed by atoms with E-state index in [4.69, 9.17) is 0 Å². The number of hydrogen-bond donors (Lipinski definition) is 1. The number of benzene rings is 2. The number of hydrogen-bond acceptors (Lipinski definition) is 2. The largest absolute Gasteiger partial charge is 0.326 e. The molecule has 1 heterocycles. The Bertz CT molecular complexity index is 739. The van der Waals surface area contributed by atoms with E-state index in [1.54, 1.807) is 0 Å². The van der Waals surface area contributed by atoms with Crippen LogP contribution in [0.15, 0.2) is 54.9 Å². The molecule has 3 aromatic rings. The lowest BCUT2D eigenvalue weighted by Crippen LogP contribution is -2.15. The van der Waals surface area contributed by atoms with Crippen LogP contribution in [0.3, 0.4) is 0 Å². The van der Waals surface area contributed by atoms with Gasteiger partial charge in [0.1, 0.15) is 0 Å². The van der Waals surface area contributed by atoms with E-state index in [-0.39, 0.29) is 0 Å². The molecule has 1 N–H and O–H groups in total. The maximum Gasteiger partial charge on any atom is 0.0961 e. The van der Waals surface area contributed by atoms with Gasteiger partial charge in [-0.2, -0.15) is 0 Å². The van der Waals surface area contributed by atoms with Crippen molar-refractivity contribution >= 4 is 11.0 Å². The third-order valence-corrected chi connectivity index (χ3v) is 4.08. The van der Waals surface area contributed by atoms with Crippen molar-refractivity contribution in [1.29, 1.82) is 0 Å². The van der Waals surface area contributed by atoms with Gasteiger partial charge in [-0.05, 0) is 36.1 Å². The molecule has 0 saturated heterocycles. The van der Waals surface area contributed by atoms with E-state index in [0.717, 1.165) is 24.6 Å². The highest BCUT2D eigenvalue weighted by Crippen LogP contribution is 2.19. The molecule has 3 heteroatoms. The number of rotatable bonds is 5. The molecular weight excluding hydrogens is 258 g/mol. The Balaban J connectivity index is 1.48. The third kappa shape index (κ3) is 2.83. The number of nitrogens with zero attached hydrogens (tertiary/aromatic N) is 2. The quantitative estimate of drug-likeness (QED) is 0.775. The van der Waals surface area contributed by atoms with Gasteiger partial charge in [0.25, 0.3) is 0 Å². The molecule has 1 saturated carbocycles. The first kappa shape index (κ1) is 12.6. The van der Waals surface area contributed by atoms with Gasteiger partial charge >= 0.3 is 0 Å². The summed E-state index contributed by atoms with van der Waals surface area (Å²) in [6.45, 7) is 1.86. The average molecular weight is 277 g/mol. The highest BCUT2D eigenvalue weighted by atomic mass is 15.0. The molecule has 1 aromatic heterocycles. The summed E-state index contributed by atoms with van der Waals surface area (Å²) >= 11 is 0. The molecule has 1 aliphatic carbocycles. The zero-order valence-electron chi connectivity index (χ0n) is 12.0. The van der Waals surface area contributed by atoms with E-state index in [2.05, 4.69) is 57.3 Å². The van der Waals surface area contributed by atoms with Crippen molar-refractivity contribution < 1.29 is 0 Å². The van der Waals surface area contributed by atoms with Gasteiger partial charge in [-0.3, -0.25) is 0 Å². The van der Waals surface area contributed by atoms with E-state index in [1.807, 2.05) is 12.4 Å². The van der Waals surface area contributed by atoms with Crippen molar-refractivity contribution in [3.8, 4) is 0 Å². The first-order valence-corrected chi connectivity index (χ1v) is 7.59. The smallest absolute Gasteiger partial charge is 0.0961 e. The van der Waals surface area contributed by atoms with Crippen LogP contribution < -0.4 is 5.32 Å². The van der Waals surface area contributed by atoms with Crippen LogP contribution >= 0.6 is 0 Å². The Morgan fingerprint density at radius 3 is 2.57 bits per heavy atom. The number of fused-ring (bicyclic) bond motifs is 1. The minimum atomic E-state index is 0.766. The Kier molecular flexibility index (Phi) is 3.20. The van der Waals surface area contributed by atoms with Gasteiger partial charge < -0.3 is 9.88 Å². The molecule has 0 unspecified atom stereocenters. The van der Waals surface area contributed by atoms with Gasteiger partial charge in [0.15, 0.2) is 0 Å². The first-order valence-electron chi connectivity index (χ1n) is 7.59. The van der Waals surface area contributed by atoms with Gasteiger partial charge in [-0.1, -0.05) is 36.4 Å². The van der Waals surface area contributed by atoms with Crippen LogP contribution in [0.1, 0.15) is 24.0 Å². The van der Waals surface area contributed by atoms with E-state index < -0.39 is 0 Å². The molecular formula is C18H19N3. The molecule has 2 aromatic carbocycles. The van der Waals surface area contributed by atoms with Crippen molar-refractivity contribution in [2.45, 2.75) is 32.0 Å². The lowest BCUT2D eigenvalue weighted by molar-refractivity contribution is 0.687. The van der Waals surface area contributed by atoms with Gasteiger partial charge in [0.2, 0.25) is 0 Å². The summed E-state index contributed by atoms with van der Waals surface area (Å²) in [4.78, 5) is 4.44. The minimum Gasteiger partial charge on any atom is -0.326 e. The van der Waals surface area contributed by atoms with Crippen molar-refractivity contribution in [2.24, 2.45) is 0 Å². The van der Waals surface area contributed by atoms with Crippen LogP contribution in [-0.2, 0) is 13.1 Å². The second-order valence-electron chi connectivity index (χ2n) is 5.83. The second kappa shape index (κ2) is 5.34. The Morgan fingerprint density at radius 1 is 1.00 bits per heavy atom. The van der Waals surface area contributed by atoms with Gasteiger partial charge in [-0.15, -0.1) is 0 Å². The number of para-hydroxylation sites is 2. The zero-order valence-corrected chi connectivity index (χ0v) is 12.0. The van der Waals surface area contributed by atoms with Gasteiger partial charge in [0, 0.05) is 19.1 Å². The molecule has 21 heavy (non-hydrogen) atoms. The van der Waals surface area contributed by atoms with Gasteiger partial charge in [-0.25, -0.2) is 4.98 Å². The SMILES string of the molecule is c1ccc2c(c1)ncn2Cc1ccc(CNC2CC2)cc1. The third-order valence-electron chi connectivity index (χ3n) is 4.08. The summed E-state index contributed by atoms with van der Waals surface area (Å²) < 4.78 is 2.20. The fourth-order valence-electron chi connectivity index (χ4n) is 2.65. The summed E-state index contributed by atoms with van der Waals surface area (Å²) in [5, 5.41) is 3.55. The van der Waals surface area contributed by atoms with Crippen molar-refractivity contribution in [2.75, 3.05) is 0 Å². The average Bonchev–Trinajstić information content (AvgIpc) is 3.28.